The molecule has 0 amide bonds. The summed E-state index contributed by atoms with van der Waals surface area (Å²) < 4.78 is 11.7. The molecule has 0 fully saturated rings. The minimum absolute atomic E-state index is 0.434. The lowest BCUT2D eigenvalue weighted by Gasteiger charge is -2.12. The van der Waals surface area contributed by atoms with Crippen molar-refractivity contribution in [2.24, 2.45) is 0 Å². The van der Waals surface area contributed by atoms with Crippen LogP contribution in [0.15, 0.2) is 66.7 Å². The molecule has 1 atom stereocenters. The molecule has 4 aromatic rings. The third-order valence-corrected chi connectivity index (χ3v) is 5.22. The highest BCUT2D eigenvalue weighted by atomic mass is 35.5. The molecule has 0 radical (unpaired) electrons. The first kappa shape index (κ1) is 21.6. The molecule has 0 aliphatic carbocycles. The van der Waals surface area contributed by atoms with Crippen LogP contribution in [0.5, 0.6) is 11.5 Å². The molecule has 0 bridgehead atoms. The quantitative estimate of drug-likeness (QED) is 0.356. The Morgan fingerprint density at radius 3 is 2.31 bits per heavy atom. The number of carboxylic acids is 1. The van der Waals surface area contributed by atoms with Gasteiger partial charge in [0.25, 0.3) is 0 Å². The maximum absolute atomic E-state index is 11.1. The number of carboxylic acid groups (broad SMARTS) is 1. The van der Waals surface area contributed by atoms with E-state index >= 15 is 0 Å². The second-order valence-corrected chi connectivity index (χ2v) is 7.71. The van der Waals surface area contributed by atoms with Crippen LogP contribution in [0.1, 0.15) is 24.8 Å². The molecule has 1 unspecified atom stereocenters. The van der Waals surface area contributed by atoms with E-state index in [2.05, 4.69) is 10.2 Å². The zero-order valence-corrected chi connectivity index (χ0v) is 18.2. The fourth-order valence-electron chi connectivity index (χ4n) is 3.16. The number of benzene rings is 3. The molecule has 3 aromatic carbocycles. The van der Waals surface area contributed by atoms with Crippen molar-refractivity contribution in [3.05, 3.63) is 77.3 Å². The lowest BCUT2D eigenvalue weighted by Crippen LogP contribution is -2.08. The molecule has 0 saturated carbocycles. The van der Waals surface area contributed by atoms with Gasteiger partial charge in [-0.15, -0.1) is 15.0 Å². The second-order valence-electron chi connectivity index (χ2n) is 7.27. The molecular formula is C24H22ClN3O4. The van der Waals surface area contributed by atoms with Gasteiger partial charge in [-0.2, -0.15) is 0 Å². The highest BCUT2D eigenvalue weighted by Crippen LogP contribution is 2.27. The van der Waals surface area contributed by atoms with Gasteiger partial charge in [-0.25, -0.2) is 0 Å². The van der Waals surface area contributed by atoms with E-state index in [0.29, 0.717) is 41.8 Å². The molecule has 0 spiro atoms. The number of fused-ring (bicyclic) bond motifs is 1. The van der Waals surface area contributed by atoms with Crippen LogP contribution in [0.3, 0.4) is 0 Å². The Balaban J connectivity index is 1.34. The van der Waals surface area contributed by atoms with Crippen LogP contribution in [0.4, 0.5) is 0 Å². The lowest BCUT2D eigenvalue weighted by molar-refractivity contribution is -0.138. The summed E-state index contributed by atoms with van der Waals surface area (Å²) >= 11 is 6.19. The van der Waals surface area contributed by atoms with Crippen LogP contribution >= 0.6 is 11.6 Å². The summed E-state index contributed by atoms with van der Waals surface area (Å²) in [4.78, 5) is 12.6. The van der Waals surface area contributed by atoms with Crippen molar-refractivity contribution in [1.29, 1.82) is 0 Å². The molecule has 7 nitrogen and oxygen atoms in total. The first-order valence-corrected chi connectivity index (χ1v) is 10.6. The Morgan fingerprint density at radius 2 is 1.66 bits per heavy atom. The Bertz CT molecular complexity index is 1190. The number of hydrogen-bond acceptors (Lipinski definition) is 5. The number of aliphatic carboxylic acids is 1. The fraction of sp³-hybridized carbons (Fsp3) is 0.208. The van der Waals surface area contributed by atoms with E-state index in [1.807, 2.05) is 24.3 Å². The highest BCUT2D eigenvalue weighted by molar-refractivity contribution is 6.30. The van der Waals surface area contributed by atoms with Crippen LogP contribution in [0, 0.1) is 0 Å². The van der Waals surface area contributed by atoms with Gasteiger partial charge in [0.2, 0.25) is 0 Å². The SMILES string of the molecule is CC(C(=O)O)c1ccc(OCCCOc2ccc(Cl)cc2-n2nc3ccccc3n2)cc1. The van der Waals surface area contributed by atoms with Crippen molar-refractivity contribution in [1.82, 2.24) is 15.0 Å². The van der Waals surface area contributed by atoms with Gasteiger partial charge in [0.15, 0.2) is 0 Å². The summed E-state index contributed by atoms with van der Waals surface area (Å²) in [6.07, 6.45) is 0.657. The van der Waals surface area contributed by atoms with Crippen LogP contribution in [0.25, 0.3) is 16.7 Å². The van der Waals surface area contributed by atoms with E-state index in [1.165, 1.54) is 4.80 Å². The van der Waals surface area contributed by atoms with Gasteiger partial charge in [0.1, 0.15) is 28.2 Å². The monoisotopic (exact) mass is 451 g/mol. The summed E-state index contributed by atoms with van der Waals surface area (Å²) in [6.45, 7) is 2.55. The van der Waals surface area contributed by atoms with Crippen LogP contribution in [-0.2, 0) is 4.79 Å². The molecular weight excluding hydrogens is 430 g/mol. The molecule has 1 N–H and O–H groups in total. The number of nitrogens with zero attached hydrogens (tertiary/aromatic N) is 3. The van der Waals surface area contributed by atoms with E-state index < -0.39 is 11.9 Å². The summed E-state index contributed by atoms with van der Waals surface area (Å²) in [6, 6.07) is 20.1. The zero-order valence-electron chi connectivity index (χ0n) is 17.4. The predicted octanol–water partition coefficient (Wildman–Crippen LogP) is 5.11. The fourth-order valence-corrected chi connectivity index (χ4v) is 3.33. The second kappa shape index (κ2) is 9.70. The Morgan fingerprint density at radius 1 is 1.00 bits per heavy atom. The normalized spacial score (nSPS) is 11.9. The van der Waals surface area contributed by atoms with Crippen LogP contribution in [-0.4, -0.2) is 39.3 Å². The number of rotatable bonds is 9. The van der Waals surface area contributed by atoms with Crippen molar-refractivity contribution in [3.63, 3.8) is 0 Å². The Labute approximate surface area is 190 Å². The van der Waals surface area contributed by atoms with Gasteiger partial charge in [-0.05, 0) is 55.0 Å². The first-order valence-electron chi connectivity index (χ1n) is 10.2. The number of halogens is 1. The summed E-state index contributed by atoms with van der Waals surface area (Å²) in [5.41, 5.74) is 2.98. The first-order chi connectivity index (χ1) is 15.5. The average Bonchev–Trinajstić information content (AvgIpc) is 3.23. The number of ether oxygens (including phenoxy) is 2. The highest BCUT2D eigenvalue weighted by Gasteiger charge is 2.13. The van der Waals surface area contributed by atoms with E-state index in [1.54, 1.807) is 49.4 Å². The summed E-state index contributed by atoms with van der Waals surface area (Å²) in [7, 11) is 0. The molecule has 0 saturated heterocycles. The Hall–Kier alpha value is -3.58. The zero-order chi connectivity index (χ0) is 22.5. The lowest BCUT2D eigenvalue weighted by atomic mass is 10.0. The standard InChI is InChI=1S/C24H22ClN3O4/c1-16(24(29)30)17-7-10-19(11-8-17)31-13-4-14-32-23-12-9-18(25)15-22(23)28-26-20-5-2-3-6-21(20)27-28/h2-3,5-12,15-16H,4,13-14H2,1H3,(H,29,30). The van der Waals surface area contributed by atoms with Gasteiger partial charge < -0.3 is 14.6 Å². The van der Waals surface area contributed by atoms with E-state index in [9.17, 15) is 4.79 Å². The maximum atomic E-state index is 11.1. The number of hydrogen-bond donors (Lipinski definition) is 1. The largest absolute Gasteiger partial charge is 0.493 e. The molecule has 8 heteroatoms. The van der Waals surface area contributed by atoms with Crippen molar-refractivity contribution >= 4 is 28.6 Å². The van der Waals surface area contributed by atoms with Gasteiger partial charge in [-0.1, -0.05) is 35.9 Å². The minimum atomic E-state index is -0.851. The van der Waals surface area contributed by atoms with E-state index in [0.717, 1.165) is 16.6 Å². The minimum Gasteiger partial charge on any atom is -0.493 e. The summed E-state index contributed by atoms with van der Waals surface area (Å²) in [5.74, 6) is -0.0867. The van der Waals surface area contributed by atoms with Crippen molar-refractivity contribution in [2.45, 2.75) is 19.3 Å². The smallest absolute Gasteiger partial charge is 0.310 e. The van der Waals surface area contributed by atoms with Gasteiger partial charge in [0, 0.05) is 11.4 Å². The van der Waals surface area contributed by atoms with Gasteiger partial charge >= 0.3 is 5.97 Å². The van der Waals surface area contributed by atoms with Crippen molar-refractivity contribution < 1.29 is 19.4 Å². The van der Waals surface area contributed by atoms with Gasteiger partial charge in [0.05, 0.1) is 19.1 Å². The molecule has 0 aliphatic heterocycles. The maximum Gasteiger partial charge on any atom is 0.310 e. The third kappa shape index (κ3) is 5.00. The topological polar surface area (TPSA) is 86.5 Å². The van der Waals surface area contributed by atoms with Crippen LogP contribution < -0.4 is 9.47 Å². The van der Waals surface area contributed by atoms with Crippen molar-refractivity contribution in [3.8, 4) is 17.2 Å². The molecule has 1 aromatic heterocycles. The van der Waals surface area contributed by atoms with Crippen molar-refractivity contribution in [2.75, 3.05) is 13.2 Å². The average molecular weight is 452 g/mol. The van der Waals surface area contributed by atoms with Crippen LogP contribution in [0.2, 0.25) is 5.02 Å². The molecule has 4 rings (SSSR count). The molecule has 164 valence electrons. The summed E-state index contributed by atoms with van der Waals surface area (Å²) in [5, 5.41) is 18.7. The number of carbonyl (C=O) groups is 1. The predicted molar refractivity (Wildman–Crippen MR) is 122 cm³/mol. The van der Waals surface area contributed by atoms with E-state index in [-0.39, 0.29) is 0 Å². The Kier molecular flexibility index (Phi) is 6.56. The molecule has 0 aliphatic rings. The molecule has 32 heavy (non-hydrogen) atoms. The third-order valence-electron chi connectivity index (χ3n) is 4.99. The van der Waals surface area contributed by atoms with Gasteiger partial charge in [-0.3, -0.25) is 4.79 Å². The van der Waals surface area contributed by atoms with E-state index in [4.69, 9.17) is 26.2 Å². The number of aromatic nitrogens is 3. The molecule has 1 heterocycles.